The van der Waals surface area contributed by atoms with Crippen LogP contribution >= 0.6 is 0 Å². The summed E-state index contributed by atoms with van der Waals surface area (Å²) < 4.78 is 22.6. The number of aromatic hydroxyl groups is 1. The second-order valence-corrected chi connectivity index (χ2v) is 6.41. The number of phenolic OH excluding ortho intramolecular Hbond substituents is 1. The Morgan fingerprint density at radius 3 is 1.82 bits per heavy atom. The van der Waals surface area contributed by atoms with E-state index in [2.05, 4.69) is 0 Å². The maximum Gasteiger partial charge on any atom is 0.480 e. The number of phenols is 1. The van der Waals surface area contributed by atoms with Crippen molar-refractivity contribution in [2.24, 2.45) is 5.73 Å². The average molecular weight is 309 g/mol. The molecular formula is C15H24BNO5. The highest BCUT2D eigenvalue weighted by Crippen LogP contribution is 2.43. The smallest absolute Gasteiger partial charge is 0.480 e. The second-order valence-electron chi connectivity index (χ2n) is 6.41. The highest BCUT2D eigenvalue weighted by molar-refractivity contribution is 6.47. The van der Waals surface area contributed by atoms with Gasteiger partial charge < -0.3 is 29.6 Å². The van der Waals surface area contributed by atoms with E-state index in [4.69, 9.17) is 24.5 Å². The number of nitrogens with two attached hydrogens (primary N) is 1. The standard InChI is InChI=1S/C15H24BNO5/c1-14(2)15(3,4)22-16(21-14)13(17)12-10(19-5)7-9(18)8-11(12)20-6/h7-8,13,18H,17H2,1-6H3/t13-/m0/s1. The van der Waals surface area contributed by atoms with Crippen molar-refractivity contribution in [2.45, 2.75) is 44.8 Å². The predicted molar refractivity (Wildman–Crippen MR) is 84.2 cm³/mol. The van der Waals surface area contributed by atoms with Gasteiger partial charge in [-0.05, 0) is 27.7 Å². The van der Waals surface area contributed by atoms with Gasteiger partial charge in [0, 0.05) is 12.1 Å². The Morgan fingerprint density at radius 2 is 1.45 bits per heavy atom. The van der Waals surface area contributed by atoms with E-state index in [9.17, 15) is 5.11 Å². The fourth-order valence-electron chi connectivity index (χ4n) is 2.42. The molecule has 1 heterocycles. The van der Waals surface area contributed by atoms with Crippen LogP contribution in [0.4, 0.5) is 0 Å². The first kappa shape index (κ1) is 16.9. The third-order valence-corrected chi connectivity index (χ3v) is 4.43. The van der Waals surface area contributed by atoms with Crippen molar-refractivity contribution in [2.75, 3.05) is 14.2 Å². The van der Waals surface area contributed by atoms with E-state index in [-0.39, 0.29) is 5.75 Å². The molecule has 1 aliphatic heterocycles. The number of hydrogen-bond acceptors (Lipinski definition) is 6. The Kier molecular flexibility index (Phi) is 4.34. The third kappa shape index (κ3) is 2.76. The molecule has 6 nitrogen and oxygen atoms in total. The van der Waals surface area contributed by atoms with Crippen molar-refractivity contribution in [3.05, 3.63) is 17.7 Å². The van der Waals surface area contributed by atoms with Gasteiger partial charge in [0.1, 0.15) is 17.2 Å². The van der Waals surface area contributed by atoms with E-state index >= 15 is 0 Å². The lowest BCUT2D eigenvalue weighted by molar-refractivity contribution is 0.00578. The molecule has 0 radical (unpaired) electrons. The molecule has 1 aromatic carbocycles. The summed E-state index contributed by atoms with van der Waals surface area (Å²) in [6.07, 6.45) is 0. The first-order chi connectivity index (χ1) is 10.1. The highest BCUT2D eigenvalue weighted by atomic mass is 16.7. The Balaban J connectivity index is 2.40. The van der Waals surface area contributed by atoms with E-state index in [1.807, 2.05) is 27.7 Å². The lowest BCUT2D eigenvalue weighted by atomic mass is 9.74. The molecule has 0 bridgehead atoms. The summed E-state index contributed by atoms with van der Waals surface area (Å²) in [4.78, 5) is 0. The number of hydrogen-bond donors (Lipinski definition) is 2. The maximum absolute atomic E-state index is 9.73. The van der Waals surface area contributed by atoms with Crippen LogP contribution in [0.15, 0.2) is 12.1 Å². The van der Waals surface area contributed by atoms with E-state index in [1.54, 1.807) is 0 Å². The zero-order valence-corrected chi connectivity index (χ0v) is 14.0. The average Bonchev–Trinajstić information content (AvgIpc) is 2.65. The molecule has 0 spiro atoms. The zero-order valence-electron chi connectivity index (χ0n) is 14.0. The summed E-state index contributed by atoms with van der Waals surface area (Å²) in [6, 6.07) is 2.98. The lowest BCUT2D eigenvalue weighted by Gasteiger charge is -2.32. The lowest BCUT2D eigenvalue weighted by Crippen LogP contribution is -2.41. The monoisotopic (exact) mass is 309 g/mol. The number of rotatable bonds is 4. The zero-order chi connectivity index (χ0) is 16.7. The van der Waals surface area contributed by atoms with E-state index in [0.717, 1.165) is 0 Å². The van der Waals surface area contributed by atoms with Gasteiger partial charge in [0.25, 0.3) is 0 Å². The summed E-state index contributed by atoms with van der Waals surface area (Å²) >= 11 is 0. The van der Waals surface area contributed by atoms with Gasteiger partial charge in [-0.1, -0.05) is 0 Å². The quantitative estimate of drug-likeness (QED) is 0.828. The summed E-state index contributed by atoms with van der Waals surface area (Å²) in [5.41, 5.74) is 5.99. The van der Waals surface area contributed by atoms with Crippen LogP contribution in [0.3, 0.4) is 0 Å². The van der Waals surface area contributed by atoms with Crippen LogP contribution in [-0.2, 0) is 9.31 Å². The first-order valence-corrected chi connectivity index (χ1v) is 7.19. The van der Waals surface area contributed by atoms with Gasteiger partial charge in [0.2, 0.25) is 0 Å². The van der Waals surface area contributed by atoms with Crippen LogP contribution in [0.5, 0.6) is 17.2 Å². The van der Waals surface area contributed by atoms with Gasteiger partial charge >= 0.3 is 7.12 Å². The Bertz CT molecular complexity index is 520. The van der Waals surface area contributed by atoms with Crippen LogP contribution in [0.1, 0.15) is 39.2 Å². The van der Waals surface area contributed by atoms with Gasteiger partial charge in [-0.3, -0.25) is 0 Å². The normalized spacial score (nSPS) is 20.8. The van der Waals surface area contributed by atoms with Crippen LogP contribution in [0, 0.1) is 0 Å². The van der Waals surface area contributed by atoms with E-state index in [0.29, 0.717) is 17.1 Å². The molecule has 0 aromatic heterocycles. The summed E-state index contributed by atoms with van der Waals surface area (Å²) in [6.45, 7) is 7.85. The van der Waals surface area contributed by atoms with Crippen molar-refractivity contribution >= 4 is 7.12 Å². The Hall–Kier alpha value is -1.44. The molecule has 1 aliphatic rings. The molecule has 22 heavy (non-hydrogen) atoms. The van der Waals surface area contributed by atoms with Crippen LogP contribution < -0.4 is 15.2 Å². The number of ether oxygens (including phenoxy) is 2. The largest absolute Gasteiger partial charge is 0.508 e. The minimum absolute atomic E-state index is 0.0403. The highest BCUT2D eigenvalue weighted by Gasteiger charge is 2.54. The molecule has 1 atom stereocenters. The van der Waals surface area contributed by atoms with Crippen molar-refractivity contribution in [3.8, 4) is 17.2 Å². The minimum Gasteiger partial charge on any atom is -0.508 e. The molecule has 1 saturated heterocycles. The molecular weight excluding hydrogens is 285 g/mol. The molecule has 1 aromatic rings. The predicted octanol–water partition coefficient (Wildman–Crippen LogP) is 2.04. The Morgan fingerprint density at radius 1 is 1.05 bits per heavy atom. The maximum atomic E-state index is 9.73. The van der Waals surface area contributed by atoms with Gasteiger partial charge in [-0.25, -0.2) is 0 Å². The Labute approximate surface area is 131 Å². The molecule has 7 heteroatoms. The third-order valence-electron chi connectivity index (χ3n) is 4.43. The first-order valence-electron chi connectivity index (χ1n) is 7.19. The molecule has 2 rings (SSSR count). The minimum atomic E-state index is -0.641. The fourth-order valence-corrected chi connectivity index (χ4v) is 2.42. The van der Waals surface area contributed by atoms with Crippen LogP contribution in [0.2, 0.25) is 0 Å². The second kappa shape index (κ2) is 5.64. The number of methoxy groups -OCH3 is 2. The molecule has 0 saturated carbocycles. The SMILES string of the molecule is COc1cc(O)cc(OC)c1[C@H](N)B1OC(C)(C)C(C)(C)O1. The van der Waals surface area contributed by atoms with Gasteiger partial charge in [-0.2, -0.15) is 0 Å². The van der Waals surface area contributed by atoms with Crippen molar-refractivity contribution < 1.29 is 23.9 Å². The van der Waals surface area contributed by atoms with Crippen molar-refractivity contribution in [1.29, 1.82) is 0 Å². The molecule has 3 N–H and O–H groups in total. The van der Waals surface area contributed by atoms with E-state index in [1.165, 1.54) is 26.4 Å². The van der Waals surface area contributed by atoms with Crippen LogP contribution in [-0.4, -0.2) is 37.6 Å². The van der Waals surface area contributed by atoms with Gasteiger partial charge in [0.05, 0.1) is 36.9 Å². The molecule has 0 amide bonds. The summed E-state index contributed by atoms with van der Waals surface area (Å²) in [7, 11) is 2.38. The van der Waals surface area contributed by atoms with Gasteiger partial charge in [-0.15, -0.1) is 0 Å². The van der Waals surface area contributed by atoms with Crippen molar-refractivity contribution in [3.63, 3.8) is 0 Å². The van der Waals surface area contributed by atoms with E-state index < -0.39 is 24.3 Å². The van der Waals surface area contributed by atoms with Crippen LogP contribution in [0.25, 0.3) is 0 Å². The summed E-state index contributed by atoms with van der Waals surface area (Å²) in [5, 5.41) is 9.73. The summed E-state index contributed by atoms with van der Waals surface area (Å²) in [5.74, 6) is 0.281. The molecule has 0 aliphatic carbocycles. The van der Waals surface area contributed by atoms with Gasteiger partial charge in [0.15, 0.2) is 0 Å². The topological polar surface area (TPSA) is 83.2 Å². The van der Waals surface area contributed by atoms with Crippen molar-refractivity contribution in [1.82, 2.24) is 0 Å². The molecule has 1 fully saturated rings. The molecule has 122 valence electrons. The molecule has 0 unspecified atom stereocenters. The fraction of sp³-hybridized carbons (Fsp3) is 0.600. The number of benzene rings is 1.